The van der Waals surface area contributed by atoms with Gasteiger partial charge in [-0.15, -0.1) is 12.4 Å². The Morgan fingerprint density at radius 3 is 2.66 bits per heavy atom. The van der Waals surface area contributed by atoms with Crippen molar-refractivity contribution in [3.05, 3.63) is 66.9 Å². The molecule has 3 aromatic heterocycles. The molecule has 0 aliphatic carbocycles. The number of benzene rings is 1. The lowest BCUT2D eigenvalue weighted by Crippen LogP contribution is -2.36. The molecule has 4 aromatic rings. The van der Waals surface area contributed by atoms with Crippen LogP contribution in [0.2, 0.25) is 0 Å². The fraction of sp³-hybridized carbons (Fsp3) is 0.143. The van der Waals surface area contributed by atoms with Gasteiger partial charge in [0.25, 0.3) is 0 Å². The molecule has 7 nitrogen and oxygen atoms in total. The van der Waals surface area contributed by atoms with E-state index in [1.54, 1.807) is 35.9 Å². The molecule has 0 radical (unpaired) electrons. The summed E-state index contributed by atoms with van der Waals surface area (Å²) in [5.41, 5.74) is 4.25. The highest BCUT2D eigenvalue weighted by Gasteiger charge is 2.27. The molecule has 2 N–H and O–H groups in total. The molecular weight excluding hydrogens is 445 g/mol. The fourth-order valence-electron chi connectivity index (χ4n) is 3.08. The van der Waals surface area contributed by atoms with Gasteiger partial charge in [0.2, 0.25) is 0 Å². The lowest BCUT2D eigenvalue weighted by atomic mass is 10.1. The van der Waals surface area contributed by atoms with Crippen LogP contribution in [0.4, 0.5) is 23.7 Å². The van der Waals surface area contributed by atoms with Gasteiger partial charge in [-0.05, 0) is 37.3 Å². The third-order valence-corrected chi connectivity index (χ3v) is 4.45. The second-order valence-corrected chi connectivity index (χ2v) is 6.78. The first kappa shape index (κ1) is 23.0. The molecule has 3 heterocycles. The average molecular weight is 463 g/mol. The number of urea groups is 1. The zero-order valence-electron chi connectivity index (χ0n) is 16.7. The maximum Gasteiger partial charge on any atom is 0.405 e. The van der Waals surface area contributed by atoms with Gasteiger partial charge >= 0.3 is 12.2 Å². The zero-order chi connectivity index (χ0) is 22.0. The third kappa shape index (κ3) is 5.33. The van der Waals surface area contributed by atoms with Gasteiger partial charge in [-0.3, -0.25) is 4.40 Å². The number of nitrogens with one attached hydrogen (secondary N) is 2. The normalized spacial score (nSPS) is 11.1. The zero-order valence-corrected chi connectivity index (χ0v) is 17.5. The molecule has 0 saturated heterocycles. The quantitative estimate of drug-likeness (QED) is 0.453. The van der Waals surface area contributed by atoms with E-state index in [0.717, 1.165) is 22.5 Å². The van der Waals surface area contributed by atoms with Crippen LogP contribution in [0.5, 0.6) is 0 Å². The Bertz CT molecular complexity index is 1260. The summed E-state index contributed by atoms with van der Waals surface area (Å²) in [5, 5.41) is 4.18. The molecule has 11 heteroatoms. The Hall–Kier alpha value is -3.66. The number of hydrogen-bond acceptors (Lipinski definition) is 4. The van der Waals surface area contributed by atoms with Crippen LogP contribution >= 0.6 is 12.4 Å². The molecule has 2 amide bonds. The summed E-state index contributed by atoms with van der Waals surface area (Å²) in [4.78, 5) is 24.7. The van der Waals surface area contributed by atoms with Crippen molar-refractivity contribution in [1.82, 2.24) is 24.7 Å². The van der Waals surface area contributed by atoms with E-state index >= 15 is 0 Å². The van der Waals surface area contributed by atoms with Gasteiger partial charge in [0, 0.05) is 29.2 Å². The summed E-state index contributed by atoms with van der Waals surface area (Å²) < 4.78 is 38.6. The second-order valence-electron chi connectivity index (χ2n) is 6.78. The molecule has 0 saturated carbocycles. The van der Waals surface area contributed by atoms with E-state index in [-0.39, 0.29) is 12.4 Å². The van der Waals surface area contributed by atoms with Crippen LogP contribution in [0.15, 0.2) is 61.1 Å². The van der Waals surface area contributed by atoms with Gasteiger partial charge in [0.1, 0.15) is 18.0 Å². The van der Waals surface area contributed by atoms with Crippen LogP contribution in [0, 0.1) is 6.92 Å². The molecule has 0 unspecified atom stereocenters. The topological polar surface area (TPSA) is 84.2 Å². The minimum Gasteiger partial charge on any atom is -0.329 e. The van der Waals surface area contributed by atoms with E-state index in [9.17, 15) is 18.0 Å². The highest BCUT2D eigenvalue weighted by molar-refractivity contribution is 5.90. The van der Waals surface area contributed by atoms with E-state index in [4.69, 9.17) is 0 Å². The van der Waals surface area contributed by atoms with E-state index in [1.165, 1.54) is 0 Å². The number of halogens is 4. The van der Waals surface area contributed by atoms with Crippen molar-refractivity contribution in [2.75, 3.05) is 11.9 Å². The van der Waals surface area contributed by atoms with Crippen molar-refractivity contribution in [1.29, 1.82) is 0 Å². The molecule has 0 fully saturated rings. The Kier molecular flexibility index (Phi) is 6.64. The first-order valence-electron chi connectivity index (χ1n) is 9.28. The molecule has 1 aromatic carbocycles. The van der Waals surface area contributed by atoms with Crippen LogP contribution in [0.25, 0.3) is 28.2 Å². The smallest absolute Gasteiger partial charge is 0.329 e. The highest BCUT2D eigenvalue weighted by atomic mass is 35.5. The molecule has 4 rings (SSSR count). The van der Waals surface area contributed by atoms with Crippen molar-refractivity contribution in [3.63, 3.8) is 0 Å². The van der Waals surface area contributed by atoms with Crippen molar-refractivity contribution < 1.29 is 18.0 Å². The highest BCUT2D eigenvalue weighted by Crippen LogP contribution is 2.26. The number of carbonyl (C=O) groups is 1. The van der Waals surface area contributed by atoms with Gasteiger partial charge in [-0.25, -0.2) is 19.7 Å². The van der Waals surface area contributed by atoms with Crippen molar-refractivity contribution in [2.24, 2.45) is 0 Å². The van der Waals surface area contributed by atoms with Gasteiger partial charge in [0.15, 0.2) is 0 Å². The maximum atomic E-state index is 12.3. The molecule has 0 bridgehead atoms. The summed E-state index contributed by atoms with van der Waals surface area (Å²) in [5.74, 6) is 0.671. The van der Waals surface area contributed by atoms with Gasteiger partial charge in [-0.2, -0.15) is 13.2 Å². The largest absolute Gasteiger partial charge is 0.405 e. The molecule has 0 aliphatic heterocycles. The lowest BCUT2D eigenvalue weighted by molar-refractivity contribution is -0.122. The van der Waals surface area contributed by atoms with Crippen LogP contribution in [-0.2, 0) is 0 Å². The Morgan fingerprint density at radius 1 is 1.09 bits per heavy atom. The van der Waals surface area contributed by atoms with Gasteiger partial charge in [-0.1, -0.05) is 12.1 Å². The lowest BCUT2D eigenvalue weighted by Gasteiger charge is -2.11. The summed E-state index contributed by atoms with van der Waals surface area (Å²) in [7, 11) is 0. The first-order chi connectivity index (χ1) is 14.8. The number of aryl methyl sites for hydroxylation is 1. The maximum absolute atomic E-state index is 12.3. The molecule has 166 valence electrons. The summed E-state index contributed by atoms with van der Waals surface area (Å²) in [6.07, 6.45) is 0.773. The Balaban J connectivity index is 0.00000289. The summed E-state index contributed by atoms with van der Waals surface area (Å²) in [6, 6.07) is 11.5. The van der Waals surface area contributed by atoms with Crippen molar-refractivity contribution in [3.8, 4) is 22.5 Å². The van der Waals surface area contributed by atoms with E-state index in [1.807, 2.05) is 41.8 Å². The number of amides is 2. The number of pyridine rings is 1. The third-order valence-electron chi connectivity index (χ3n) is 4.45. The number of hydrogen-bond donors (Lipinski definition) is 2. The predicted molar refractivity (Wildman–Crippen MR) is 117 cm³/mol. The van der Waals surface area contributed by atoms with E-state index < -0.39 is 18.8 Å². The molecule has 0 aliphatic rings. The molecular formula is C21H18ClF3N6O. The first-order valence-corrected chi connectivity index (χ1v) is 9.28. The van der Waals surface area contributed by atoms with Gasteiger partial charge in [0.05, 0.1) is 17.6 Å². The minimum absolute atomic E-state index is 0. The molecule has 0 spiro atoms. The number of anilines is 1. The van der Waals surface area contributed by atoms with Crippen LogP contribution in [0.3, 0.4) is 0 Å². The summed E-state index contributed by atoms with van der Waals surface area (Å²) in [6.45, 7) is 0.417. The summed E-state index contributed by atoms with van der Waals surface area (Å²) >= 11 is 0. The van der Waals surface area contributed by atoms with Crippen LogP contribution in [-0.4, -0.2) is 38.1 Å². The Labute approximate surface area is 187 Å². The number of rotatable bonds is 4. The predicted octanol–water partition coefficient (Wildman–Crippen LogP) is 4.87. The van der Waals surface area contributed by atoms with Crippen molar-refractivity contribution >= 4 is 29.8 Å². The molecule has 32 heavy (non-hydrogen) atoms. The minimum atomic E-state index is -4.47. The van der Waals surface area contributed by atoms with E-state index in [2.05, 4.69) is 20.3 Å². The number of alkyl halides is 3. The fourth-order valence-corrected chi connectivity index (χ4v) is 3.08. The van der Waals surface area contributed by atoms with Crippen LogP contribution < -0.4 is 10.6 Å². The second kappa shape index (κ2) is 9.23. The number of carbonyl (C=O) groups excluding carboxylic acids is 1. The number of imidazole rings is 1. The number of aromatic nitrogens is 4. The number of fused-ring (bicyclic) bond motifs is 1. The molecule has 0 atom stereocenters. The standard InChI is InChI=1S/C21H17F3N6O.ClH/c1-13-25-7-5-17(28-13)14-6-8-30-18(11-26-19(30)10-14)15-3-2-4-16(9-15)29-20(31)27-12-21(22,23)24;/h2-11H,12H2,1H3,(H2,27,29,31);1H. The SMILES string of the molecule is Cc1nccc(-c2ccn3c(-c4cccc(NC(=O)NCC(F)(F)F)c4)cnc3c2)n1.Cl. The Morgan fingerprint density at radius 2 is 1.91 bits per heavy atom. The van der Waals surface area contributed by atoms with Gasteiger partial charge < -0.3 is 10.6 Å². The average Bonchev–Trinajstić information content (AvgIpc) is 3.15. The van der Waals surface area contributed by atoms with E-state index in [0.29, 0.717) is 17.2 Å². The van der Waals surface area contributed by atoms with Crippen LogP contribution in [0.1, 0.15) is 5.82 Å². The van der Waals surface area contributed by atoms with Crippen molar-refractivity contribution in [2.45, 2.75) is 13.1 Å². The number of nitrogens with zero attached hydrogens (tertiary/aromatic N) is 4. The monoisotopic (exact) mass is 462 g/mol.